The zero-order valence-corrected chi connectivity index (χ0v) is 9.04. The molecule has 0 aliphatic rings. The van der Waals surface area contributed by atoms with E-state index in [1.54, 1.807) is 12.1 Å². The van der Waals surface area contributed by atoms with Gasteiger partial charge in [0.15, 0.2) is 0 Å². The van der Waals surface area contributed by atoms with Crippen molar-refractivity contribution in [3.8, 4) is 0 Å². The minimum atomic E-state index is -1.24. The van der Waals surface area contributed by atoms with Gasteiger partial charge in [-0.3, -0.25) is 4.79 Å². The standard InChI is InChI=1S/C11H13NO5/c12-9(10(13)14)7-17-11(15)16-6-8-4-2-1-3-5-8/h1-5,9H,6-7,12H2,(H,13,14)/t9-/m1/s1. The van der Waals surface area contributed by atoms with Crippen molar-refractivity contribution >= 4 is 12.1 Å². The van der Waals surface area contributed by atoms with E-state index in [1.807, 2.05) is 18.2 Å². The summed E-state index contributed by atoms with van der Waals surface area (Å²) in [5.41, 5.74) is 5.95. The van der Waals surface area contributed by atoms with Gasteiger partial charge in [0.2, 0.25) is 0 Å². The summed E-state index contributed by atoms with van der Waals surface area (Å²) < 4.78 is 9.27. The maximum Gasteiger partial charge on any atom is 0.508 e. The lowest BCUT2D eigenvalue weighted by atomic mass is 10.2. The van der Waals surface area contributed by atoms with Crippen LogP contribution in [0.15, 0.2) is 30.3 Å². The SMILES string of the molecule is N[C@H](COC(=O)OCc1ccccc1)C(=O)O. The van der Waals surface area contributed by atoms with E-state index in [2.05, 4.69) is 4.74 Å². The van der Waals surface area contributed by atoms with Gasteiger partial charge < -0.3 is 20.3 Å². The molecule has 0 aliphatic carbocycles. The number of aliphatic carboxylic acids is 1. The van der Waals surface area contributed by atoms with E-state index in [1.165, 1.54) is 0 Å². The second-order valence-corrected chi connectivity index (χ2v) is 3.28. The molecule has 0 aliphatic heterocycles. The first kappa shape index (κ1) is 13.0. The Morgan fingerprint density at radius 1 is 1.24 bits per heavy atom. The minimum absolute atomic E-state index is 0.0714. The molecule has 0 amide bonds. The van der Waals surface area contributed by atoms with E-state index < -0.39 is 24.8 Å². The maximum absolute atomic E-state index is 11.1. The Hall–Kier alpha value is -2.08. The molecule has 0 unspecified atom stereocenters. The predicted octanol–water partition coefficient (Wildman–Crippen LogP) is 0.752. The van der Waals surface area contributed by atoms with Crippen LogP contribution in [0.4, 0.5) is 4.79 Å². The fourth-order valence-electron chi connectivity index (χ4n) is 0.987. The number of carbonyl (C=O) groups excluding carboxylic acids is 1. The molecule has 0 saturated carbocycles. The maximum atomic E-state index is 11.1. The summed E-state index contributed by atoms with van der Waals surface area (Å²) in [6.45, 7) is -0.342. The van der Waals surface area contributed by atoms with Crippen LogP contribution in [0.25, 0.3) is 0 Å². The van der Waals surface area contributed by atoms with Gasteiger partial charge in [-0.25, -0.2) is 4.79 Å². The zero-order chi connectivity index (χ0) is 12.7. The Kier molecular flexibility index (Phi) is 4.96. The molecule has 1 rings (SSSR count). The average Bonchev–Trinajstić information content (AvgIpc) is 2.34. The summed E-state index contributed by atoms with van der Waals surface area (Å²) in [4.78, 5) is 21.4. The number of carboxylic acids is 1. The van der Waals surface area contributed by atoms with Crippen molar-refractivity contribution in [1.29, 1.82) is 0 Å². The zero-order valence-electron chi connectivity index (χ0n) is 9.04. The molecule has 1 aromatic carbocycles. The third-order valence-electron chi connectivity index (χ3n) is 1.90. The van der Waals surface area contributed by atoms with Gasteiger partial charge in [-0.1, -0.05) is 30.3 Å². The molecule has 1 atom stereocenters. The van der Waals surface area contributed by atoms with Gasteiger partial charge in [-0.05, 0) is 5.56 Å². The van der Waals surface area contributed by atoms with Crippen LogP contribution in [0.1, 0.15) is 5.56 Å². The van der Waals surface area contributed by atoms with Gasteiger partial charge in [-0.15, -0.1) is 0 Å². The lowest BCUT2D eigenvalue weighted by Gasteiger charge is -2.08. The molecule has 92 valence electrons. The molecule has 0 saturated heterocycles. The smallest absolute Gasteiger partial charge is 0.480 e. The number of carboxylic acid groups (broad SMARTS) is 1. The van der Waals surface area contributed by atoms with Gasteiger partial charge in [0.25, 0.3) is 0 Å². The number of hydrogen-bond donors (Lipinski definition) is 2. The number of rotatable bonds is 5. The van der Waals surface area contributed by atoms with Gasteiger partial charge in [0, 0.05) is 0 Å². The van der Waals surface area contributed by atoms with E-state index in [4.69, 9.17) is 15.6 Å². The highest BCUT2D eigenvalue weighted by Gasteiger charge is 2.14. The monoisotopic (exact) mass is 239 g/mol. The first-order valence-electron chi connectivity index (χ1n) is 4.91. The molecule has 0 spiro atoms. The number of benzene rings is 1. The Labute approximate surface area is 97.9 Å². The van der Waals surface area contributed by atoms with E-state index in [-0.39, 0.29) is 6.61 Å². The Morgan fingerprint density at radius 3 is 2.47 bits per heavy atom. The summed E-state index contributed by atoms with van der Waals surface area (Å²) >= 11 is 0. The summed E-state index contributed by atoms with van der Waals surface area (Å²) in [5, 5.41) is 8.45. The number of nitrogens with two attached hydrogens (primary N) is 1. The van der Waals surface area contributed by atoms with Crippen molar-refractivity contribution in [2.24, 2.45) is 5.73 Å². The van der Waals surface area contributed by atoms with E-state index >= 15 is 0 Å². The van der Waals surface area contributed by atoms with Crippen molar-refractivity contribution in [2.75, 3.05) is 6.61 Å². The molecule has 0 radical (unpaired) electrons. The molecule has 0 heterocycles. The van der Waals surface area contributed by atoms with Gasteiger partial charge in [0.1, 0.15) is 19.3 Å². The van der Waals surface area contributed by atoms with Crippen molar-refractivity contribution < 1.29 is 24.2 Å². The third-order valence-corrected chi connectivity index (χ3v) is 1.90. The third kappa shape index (κ3) is 4.98. The van der Waals surface area contributed by atoms with Crippen LogP contribution in [-0.2, 0) is 20.9 Å². The van der Waals surface area contributed by atoms with Gasteiger partial charge in [0.05, 0.1) is 0 Å². The van der Waals surface area contributed by atoms with Crippen molar-refractivity contribution in [3.63, 3.8) is 0 Å². The normalized spacial score (nSPS) is 11.6. The van der Waals surface area contributed by atoms with Crippen LogP contribution in [0.5, 0.6) is 0 Å². The summed E-state index contributed by atoms with van der Waals surface area (Å²) in [7, 11) is 0. The quantitative estimate of drug-likeness (QED) is 0.735. The summed E-state index contributed by atoms with van der Waals surface area (Å²) in [5.74, 6) is -1.24. The molecule has 17 heavy (non-hydrogen) atoms. The van der Waals surface area contributed by atoms with Gasteiger partial charge in [-0.2, -0.15) is 0 Å². The fraction of sp³-hybridized carbons (Fsp3) is 0.273. The Balaban J connectivity index is 2.24. The molecule has 1 aromatic rings. The van der Waals surface area contributed by atoms with E-state index in [0.717, 1.165) is 5.56 Å². The first-order valence-corrected chi connectivity index (χ1v) is 4.91. The minimum Gasteiger partial charge on any atom is -0.480 e. The molecule has 6 heteroatoms. The number of hydrogen-bond acceptors (Lipinski definition) is 5. The predicted molar refractivity (Wildman–Crippen MR) is 58.2 cm³/mol. The molecular formula is C11H13NO5. The second-order valence-electron chi connectivity index (χ2n) is 3.28. The van der Waals surface area contributed by atoms with Crippen LogP contribution in [0, 0.1) is 0 Å². The van der Waals surface area contributed by atoms with Crippen molar-refractivity contribution in [3.05, 3.63) is 35.9 Å². The van der Waals surface area contributed by atoms with Crippen molar-refractivity contribution in [1.82, 2.24) is 0 Å². The van der Waals surface area contributed by atoms with Crippen molar-refractivity contribution in [2.45, 2.75) is 12.6 Å². The topological polar surface area (TPSA) is 98.9 Å². The average molecular weight is 239 g/mol. The molecule has 0 aromatic heterocycles. The highest BCUT2D eigenvalue weighted by atomic mass is 16.7. The molecule has 6 nitrogen and oxygen atoms in total. The van der Waals surface area contributed by atoms with Crippen LogP contribution >= 0.6 is 0 Å². The number of ether oxygens (including phenoxy) is 2. The lowest BCUT2D eigenvalue weighted by molar-refractivity contribution is -0.139. The van der Waals surface area contributed by atoms with E-state index in [9.17, 15) is 9.59 Å². The second kappa shape index (κ2) is 6.49. The Morgan fingerprint density at radius 2 is 1.88 bits per heavy atom. The van der Waals surface area contributed by atoms with Crippen LogP contribution in [-0.4, -0.2) is 29.9 Å². The summed E-state index contributed by atoms with van der Waals surface area (Å²) in [6, 6.07) is 7.80. The first-order chi connectivity index (χ1) is 8.09. The van der Waals surface area contributed by atoms with Crippen LogP contribution in [0.3, 0.4) is 0 Å². The van der Waals surface area contributed by atoms with E-state index in [0.29, 0.717) is 0 Å². The highest BCUT2D eigenvalue weighted by Crippen LogP contribution is 2.01. The highest BCUT2D eigenvalue weighted by molar-refractivity contribution is 5.73. The molecule has 0 fully saturated rings. The van der Waals surface area contributed by atoms with Crippen LogP contribution < -0.4 is 5.73 Å². The Bertz CT molecular complexity index is 379. The van der Waals surface area contributed by atoms with Gasteiger partial charge >= 0.3 is 12.1 Å². The molecule has 3 N–H and O–H groups in total. The van der Waals surface area contributed by atoms with Crippen LogP contribution in [0.2, 0.25) is 0 Å². The fourth-order valence-corrected chi connectivity index (χ4v) is 0.987. The largest absolute Gasteiger partial charge is 0.508 e. The summed E-state index contributed by atoms with van der Waals surface area (Å²) in [6.07, 6.45) is -0.939. The molecule has 0 bridgehead atoms. The lowest BCUT2D eigenvalue weighted by Crippen LogP contribution is -2.35. The molecular weight excluding hydrogens is 226 g/mol. The number of carbonyl (C=O) groups is 2.